The van der Waals surface area contributed by atoms with E-state index in [1.165, 1.54) is 11.3 Å². The summed E-state index contributed by atoms with van der Waals surface area (Å²) in [6.45, 7) is 6.19. The molecule has 0 atom stereocenters. The second-order valence-electron chi connectivity index (χ2n) is 6.86. The zero-order chi connectivity index (χ0) is 21.9. The average Bonchev–Trinajstić information content (AvgIpc) is 3.16. The van der Waals surface area contributed by atoms with Crippen LogP contribution in [0.3, 0.4) is 0 Å². The number of aromatic nitrogens is 1. The van der Waals surface area contributed by atoms with Crippen LogP contribution in [-0.2, 0) is 6.42 Å². The Hall–Kier alpha value is -2.21. The summed E-state index contributed by atoms with van der Waals surface area (Å²) < 4.78 is 0. The fourth-order valence-electron chi connectivity index (χ4n) is 2.71. The van der Waals surface area contributed by atoms with Crippen LogP contribution in [0.1, 0.15) is 38.2 Å². The smallest absolute Gasteiger partial charge is 0.263 e. The van der Waals surface area contributed by atoms with Gasteiger partial charge in [0.1, 0.15) is 4.88 Å². The van der Waals surface area contributed by atoms with Gasteiger partial charge < -0.3 is 20.9 Å². The van der Waals surface area contributed by atoms with Gasteiger partial charge in [0.15, 0.2) is 5.96 Å². The Morgan fingerprint density at radius 2 is 1.90 bits per heavy atom. The first-order valence-electron chi connectivity index (χ1n) is 9.93. The molecule has 1 heterocycles. The van der Waals surface area contributed by atoms with Gasteiger partial charge in [0.2, 0.25) is 0 Å². The van der Waals surface area contributed by atoms with E-state index in [0.717, 1.165) is 24.2 Å². The highest BCUT2D eigenvalue weighted by Crippen LogP contribution is 2.11. The van der Waals surface area contributed by atoms with Crippen molar-refractivity contribution in [1.82, 2.24) is 25.8 Å². The van der Waals surface area contributed by atoms with Crippen LogP contribution in [-0.4, -0.2) is 67.9 Å². The van der Waals surface area contributed by atoms with Crippen LogP contribution in [0.5, 0.6) is 0 Å². The molecule has 0 radical (unpaired) electrons. The normalized spacial score (nSPS) is 10.8. The number of nitrogens with one attached hydrogen (secondary N) is 3. The van der Waals surface area contributed by atoms with Crippen LogP contribution in [0.2, 0.25) is 0 Å². The number of carbonyl (C=O) groups is 2. The van der Waals surface area contributed by atoms with Crippen molar-refractivity contribution in [1.29, 1.82) is 0 Å². The molecule has 0 aliphatic carbocycles. The summed E-state index contributed by atoms with van der Waals surface area (Å²) in [5, 5.41) is 9.30. The Balaban J connectivity index is 0.00000480. The number of thiazole rings is 1. The van der Waals surface area contributed by atoms with E-state index in [1.54, 1.807) is 24.5 Å². The van der Waals surface area contributed by atoms with Crippen molar-refractivity contribution in [2.24, 2.45) is 4.99 Å². The Morgan fingerprint density at radius 1 is 1.16 bits per heavy atom. The molecule has 0 saturated carbocycles. The van der Waals surface area contributed by atoms with Crippen molar-refractivity contribution in [2.75, 3.05) is 40.3 Å². The molecule has 2 aromatic rings. The highest BCUT2D eigenvalue weighted by molar-refractivity contribution is 14.0. The Kier molecular flexibility index (Phi) is 12.1. The quantitative estimate of drug-likeness (QED) is 0.190. The predicted octanol–water partition coefficient (Wildman–Crippen LogP) is 2.30. The summed E-state index contributed by atoms with van der Waals surface area (Å²) >= 11 is 1.34. The van der Waals surface area contributed by atoms with E-state index in [9.17, 15) is 9.59 Å². The number of aliphatic imine (C=N–C) groups is 1. The SMILES string of the molecule is CCNC(=NCCc1cccc(C(=O)N(C)C)c1)NCCNC(=O)c1scnc1C.I. The van der Waals surface area contributed by atoms with Crippen molar-refractivity contribution in [3.8, 4) is 0 Å². The molecule has 3 N–H and O–H groups in total. The van der Waals surface area contributed by atoms with E-state index in [0.29, 0.717) is 36.0 Å². The van der Waals surface area contributed by atoms with Crippen LogP contribution in [0, 0.1) is 6.92 Å². The zero-order valence-electron chi connectivity index (χ0n) is 18.4. The first kappa shape index (κ1) is 26.8. The number of amides is 2. The number of guanidine groups is 1. The molecule has 0 bridgehead atoms. The van der Waals surface area contributed by atoms with Gasteiger partial charge in [0, 0.05) is 45.8 Å². The van der Waals surface area contributed by atoms with Gasteiger partial charge in [-0.15, -0.1) is 35.3 Å². The number of hydrogen-bond donors (Lipinski definition) is 3. The molecular formula is C21H31IN6O2S. The number of halogens is 1. The third-order valence-electron chi connectivity index (χ3n) is 4.25. The average molecular weight is 558 g/mol. The van der Waals surface area contributed by atoms with E-state index in [1.807, 2.05) is 38.1 Å². The van der Waals surface area contributed by atoms with Gasteiger partial charge in [-0.1, -0.05) is 12.1 Å². The lowest BCUT2D eigenvalue weighted by Gasteiger charge is -2.12. The third-order valence-corrected chi connectivity index (χ3v) is 5.18. The minimum atomic E-state index is -0.106. The number of hydrogen-bond acceptors (Lipinski definition) is 5. The highest BCUT2D eigenvalue weighted by atomic mass is 127. The van der Waals surface area contributed by atoms with Gasteiger partial charge in [-0.05, 0) is 38.0 Å². The zero-order valence-corrected chi connectivity index (χ0v) is 21.5. The molecule has 10 heteroatoms. The Morgan fingerprint density at radius 3 is 2.55 bits per heavy atom. The van der Waals surface area contributed by atoms with Crippen LogP contribution < -0.4 is 16.0 Å². The number of rotatable bonds is 9. The van der Waals surface area contributed by atoms with Gasteiger partial charge in [0.25, 0.3) is 11.8 Å². The molecule has 0 aliphatic heterocycles. The molecule has 0 fully saturated rings. The highest BCUT2D eigenvalue weighted by Gasteiger charge is 2.11. The molecule has 0 spiro atoms. The van der Waals surface area contributed by atoms with Crippen molar-refractivity contribution < 1.29 is 9.59 Å². The van der Waals surface area contributed by atoms with E-state index >= 15 is 0 Å². The number of aryl methyl sites for hydroxylation is 1. The summed E-state index contributed by atoms with van der Waals surface area (Å²) in [5.41, 5.74) is 4.16. The van der Waals surface area contributed by atoms with E-state index in [4.69, 9.17) is 0 Å². The molecule has 31 heavy (non-hydrogen) atoms. The Bertz CT molecular complexity index is 884. The standard InChI is InChI=1S/C21H30N6O2S.HI/c1-5-22-21(25-12-11-23-19(28)18-15(2)26-14-30-18)24-10-9-16-7-6-8-17(13-16)20(29)27(3)4;/h6-8,13-14H,5,9-12H2,1-4H3,(H,23,28)(H2,22,24,25);1H. The van der Waals surface area contributed by atoms with E-state index in [2.05, 4.69) is 25.9 Å². The summed E-state index contributed by atoms with van der Waals surface area (Å²) in [4.78, 5) is 35.1. The van der Waals surface area contributed by atoms with Crippen molar-refractivity contribution in [2.45, 2.75) is 20.3 Å². The molecule has 1 aromatic heterocycles. The minimum Gasteiger partial charge on any atom is -0.357 e. The Labute approximate surface area is 204 Å². The van der Waals surface area contributed by atoms with Gasteiger partial charge in [-0.25, -0.2) is 4.98 Å². The molecule has 2 rings (SSSR count). The lowest BCUT2D eigenvalue weighted by atomic mass is 10.1. The molecule has 0 unspecified atom stereocenters. The van der Waals surface area contributed by atoms with Crippen LogP contribution in [0.25, 0.3) is 0 Å². The van der Waals surface area contributed by atoms with Gasteiger partial charge in [-0.2, -0.15) is 0 Å². The predicted molar refractivity (Wildman–Crippen MR) is 137 cm³/mol. The van der Waals surface area contributed by atoms with Crippen molar-refractivity contribution in [3.63, 3.8) is 0 Å². The van der Waals surface area contributed by atoms with Crippen LogP contribution in [0.4, 0.5) is 0 Å². The second-order valence-corrected chi connectivity index (χ2v) is 7.71. The van der Waals surface area contributed by atoms with Crippen molar-refractivity contribution >= 4 is 53.1 Å². The molecule has 0 saturated heterocycles. The maximum Gasteiger partial charge on any atom is 0.263 e. The van der Waals surface area contributed by atoms with Crippen molar-refractivity contribution in [3.05, 3.63) is 51.5 Å². The molecule has 0 aliphatic rings. The molecular weight excluding hydrogens is 527 g/mol. The first-order valence-corrected chi connectivity index (χ1v) is 10.8. The van der Waals surface area contributed by atoms with Gasteiger partial charge in [-0.3, -0.25) is 14.6 Å². The fourth-order valence-corrected chi connectivity index (χ4v) is 3.43. The topological polar surface area (TPSA) is 98.7 Å². The summed E-state index contributed by atoms with van der Waals surface area (Å²) in [7, 11) is 3.49. The lowest BCUT2D eigenvalue weighted by molar-refractivity contribution is 0.0827. The lowest BCUT2D eigenvalue weighted by Crippen LogP contribution is -2.41. The summed E-state index contributed by atoms with van der Waals surface area (Å²) in [6.07, 6.45) is 0.729. The molecule has 8 nitrogen and oxygen atoms in total. The summed E-state index contributed by atoms with van der Waals surface area (Å²) in [6, 6.07) is 7.63. The van der Waals surface area contributed by atoms with E-state index < -0.39 is 0 Å². The summed E-state index contributed by atoms with van der Waals surface area (Å²) in [5.74, 6) is 0.582. The fraction of sp³-hybridized carbons (Fsp3) is 0.429. The van der Waals surface area contributed by atoms with Gasteiger partial charge in [0.05, 0.1) is 11.2 Å². The van der Waals surface area contributed by atoms with Gasteiger partial charge >= 0.3 is 0 Å². The van der Waals surface area contributed by atoms with Crippen LogP contribution in [0.15, 0.2) is 34.8 Å². The second kappa shape index (κ2) is 14.0. The maximum absolute atomic E-state index is 12.1. The largest absolute Gasteiger partial charge is 0.357 e. The molecule has 170 valence electrons. The van der Waals surface area contributed by atoms with Crippen LogP contribution >= 0.6 is 35.3 Å². The first-order chi connectivity index (χ1) is 14.4. The molecule has 1 aromatic carbocycles. The number of nitrogens with zero attached hydrogens (tertiary/aromatic N) is 3. The molecule has 2 amide bonds. The van der Waals surface area contributed by atoms with E-state index in [-0.39, 0.29) is 35.8 Å². The minimum absolute atomic E-state index is 0. The number of carbonyl (C=O) groups excluding carboxylic acids is 2. The maximum atomic E-state index is 12.1. The monoisotopic (exact) mass is 558 g/mol. The third kappa shape index (κ3) is 8.82. The number of benzene rings is 1.